The minimum absolute atomic E-state index is 0.117. The molecule has 0 spiro atoms. The van der Waals surface area contributed by atoms with Crippen LogP contribution in [0, 0.1) is 0 Å². The van der Waals surface area contributed by atoms with Gasteiger partial charge in [-0.05, 0) is 37.1 Å². The van der Waals surface area contributed by atoms with E-state index in [0.29, 0.717) is 5.69 Å². The molecule has 2 aromatic heterocycles. The molecule has 7 nitrogen and oxygen atoms in total. The first-order valence-corrected chi connectivity index (χ1v) is 9.99. The molecule has 0 unspecified atom stereocenters. The number of pyridine rings is 1. The second kappa shape index (κ2) is 8.02. The average molecular weight is 398 g/mol. The van der Waals surface area contributed by atoms with Gasteiger partial charge in [-0.1, -0.05) is 17.4 Å². The number of ether oxygens (including phenoxy) is 2. The van der Waals surface area contributed by atoms with Gasteiger partial charge in [-0.15, -0.1) is 0 Å². The van der Waals surface area contributed by atoms with Crippen molar-refractivity contribution >= 4 is 32.6 Å². The molecular formula is C20H22N4O3S. The zero-order chi connectivity index (χ0) is 19.5. The summed E-state index contributed by atoms with van der Waals surface area (Å²) in [6.07, 6.45) is 3.36. The zero-order valence-electron chi connectivity index (χ0n) is 15.8. The summed E-state index contributed by atoms with van der Waals surface area (Å²) in [5.41, 5.74) is 1.28. The number of methoxy groups -OCH3 is 2. The highest BCUT2D eigenvalue weighted by atomic mass is 32.1. The fraction of sp³-hybridized carbons (Fsp3) is 0.350. The predicted octanol–water partition coefficient (Wildman–Crippen LogP) is 3.11. The number of nitrogens with one attached hydrogen (secondary N) is 1. The molecule has 0 atom stereocenters. The van der Waals surface area contributed by atoms with Gasteiger partial charge in [0, 0.05) is 25.3 Å². The van der Waals surface area contributed by atoms with Gasteiger partial charge in [0.15, 0.2) is 5.13 Å². The van der Waals surface area contributed by atoms with Gasteiger partial charge >= 0.3 is 0 Å². The summed E-state index contributed by atoms with van der Waals surface area (Å²) in [6, 6.07) is 9.28. The molecule has 0 radical (unpaired) electrons. The minimum Gasteiger partial charge on any atom is -0.495 e. The second-order valence-corrected chi connectivity index (χ2v) is 7.57. The number of piperidine rings is 1. The molecule has 1 aliphatic heterocycles. The maximum atomic E-state index is 12.3. The molecule has 1 fully saturated rings. The highest BCUT2D eigenvalue weighted by molar-refractivity contribution is 7.22. The first-order chi connectivity index (χ1) is 13.7. The molecule has 1 aliphatic rings. The zero-order valence-corrected chi connectivity index (χ0v) is 16.7. The van der Waals surface area contributed by atoms with Crippen molar-refractivity contribution < 1.29 is 14.3 Å². The van der Waals surface area contributed by atoms with E-state index in [4.69, 9.17) is 14.5 Å². The predicted molar refractivity (Wildman–Crippen MR) is 110 cm³/mol. The number of aromatic nitrogens is 2. The van der Waals surface area contributed by atoms with Gasteiger partial charge < -0.3 is 19.7 Å². The molecule has 1 N–H and O–H groups in total. The van der Waals surface area contributed by atoms with E-state index in [-0.39, 0.29) is 11.9 Å². The first-order valence-electron chi connectivity index (χ1n) is 9.18. The minimum atomic E-state index is -0.117. The third-order valence-electron chi connectivity index (χ3n) is 4.90. The lowest BCUT2D eigenvalue weighted by Gasteiger charge is -2.32. The molecule has 1 amide bonds. The van der Waals surface area contributed by atoms with E-state index >= 15 is 0 Å². The molecule has 146 valence electrons. The van der Waals surface area contributed by atoms with Gasteiger partial charge in [0.1, 0.15) is 27.4 Å². The van der Waals surface area contributed by atoms with Crippen LogP contribution >= 0.6 is 11.3 Å². The Labute approximate surface area is 167 Å². The number of hydrogen-bond donors (Lipinski definition) is 1. The number of hydrogen-bond acceptors (Lipinski definition) is 7. The number of benzene rings is 1. The molecule has 0 bridgehead atoms. The Morgan fingerprint density at radius 2 is 1.89 bits per heavy atom. The average Bonchev–Trinajstić information content (AvgIpc) is 3.19. The van der Waals surface area contributed by atoms with E-state index in [1.54, 1.807) is 43.9 Å². The van der Waals surface area contributed by atoms with Crippen LogP contribution in [0.15, 0.2) is 36.5 Å². The van der Waals surface area contributed by atoms with Crippen LogP contribution < -0.4 is 19.7 Å². The Balaban J connectivity index is 1.44. The molecule has 3 heterocycles. The third-order valence-corrected chi connectivity index (χ3v) is 6.03. The van der Waals surface area contributed by atoms with Gasteiger partial charge in [-0.25, -0.2) is 4.98 Å². The quantitative estimate of drug-likeness (QED) is 0.712. The fourth-order valence-electron chi connectivity index (χ4n) is 3.38. The number of anilines is 1. The normalized spacial score (nSPS) is 14.9. The molecule has 0 saturated carbocycles. The monoisotopic (exact) mass is 398 g/mol. The van der Waals surface area contributed by atoms with Crippen LogP contribution in [0.1, 0.15) is 23.3 Å². The van der Waals surface area contributed by atoms with Crippen LogP contribution in [0.5, 0.6) is 11.5 Å². The van der Waals surface area contributed by atoms with Crippen LogP contribution in [0.2, 0.25) is 0 Å². The largest absolute Gasteiger partial charge is 0.495 e. The lowest BCUT2D eigenvalue weighted by Crippen LogP contribution is -2.44. The summed E-state index contributed by atoms with van der Waals surface area (Å²) in [5, 5.41) is 4.04. The summed E-state index contributed by atoms with van der Waals surface area (Å²) >= 11 is 1.61. The molecule has 3 aromatic rings. The Hall–Kier alpha value is -2.87. The van der Waals surface area contributed by atoms with Crippen LogP contribution in [0.3, 0.4) is 0 Å². The summed E-state index contributed by atoms with van der Waals surface area (Å²) in [6.45, 7) is 1.66. The summed E-state index contributed by atoms with van der Waals surface area (Å²) in [7, 11) is 3.31. The Kier molecular flexibility index (Phi) is 5.29. The van der Waals surface area contributed by atoms with Crippen molar-refractivity contribution in [2.75, 3.05) is 32.2 Å². The van der Waals surface area contributed by atoms with E-state index in [2.05, 4.69) is 15.2 Å². The van der Waals surface area contributed by atoms with Crippen molar-refractivity contribution in [2.24, 2.45) is 0 Å². The molecule has 0 aliphatic carbocycles. The van der Waals surface area contributed by atoms with Crippen molar-refractivity contribution in [3.8, 4) is 11.5 Å². The Bertz CT molecular complexity index is 927. The van der Waals surface area contributed by atoms with Gasteiger partial charge in [0.05, 0.1) is 14.2 Å². The SMILES string of the molecule is COc1ccc(OC)c2sc(N3CCC(NC(=O)c4ccccn4)CC3)nc12. The first kappa shape index (κ1) is 18.5. The summed E-state index contributed by atoms with van der Waals surface area (Å²) in [4.78, 5) is 23.5. The van der Waals surface area contributed by atoms with Crippen molar-refractivity contribution in [1.82, 2.24) is 15.3 Å². The topological polar surface area (TPSA) is 76.6 Å². The fourth-order valence-corrected chi connectivity index (χ4v) is 4.51. The molecule has 4 rings (SSSR count). The lowest BCUT2D eigenvalue weighted by molar-refractivity contribution is 0.0926. The smallest absolute Gasteiger partial charge is 0.270 e. The number of nitrogens with zero attached hydrogens (tertiary/aromatic N) is 3. The second-order valence-electron chi connectivity index (χ2n) is 6.59. The summed E-state index contributed by atoms with van der Waals surface area (Å²) < 4.78 is 11.9. The molecule has 1 saturated heterocycles. The van der Waals surface area contributed by atoms with Gasteiger partial charge in [-0.2, -0.15) is 0 Å². The highest BCUT2D eigenvalue weighted by Gasteiger charge is 2.24. The van der Waals surface area contributed by atoms with E-state index in [0.717, 1.165) is 52.8 Å². The van der Waals surface area contributed by atoms with Gasteiger partial charge in [0.25, 0.3) is 5.91 Å². The summed E-state index contributed by atoms with van der Waals surface area (Å²) in [5.74, 6) is 1.43. The van der Waals surface area contributed by atoms with E-state index in [1.165, 1.54) is 0 Å². The number of amides is 1. The number of rotatable bonds is 5. The van der Waals surface area contributed by atoms with Crippen LogP contribution in [0.4, 0.5) is 5.13 Å². The molecule has 1 aromatic carbocycles. The number of carbonyl (C=O) groups is 1. The van der Waals surface area contributed by atoms with Crippen molar-refractivity contribution in [2.45, 2.75) is 18.9 Å². The lowest BCUT2D eigenvalue weighted by atomic mass is 10.1. The maximum Gasteiger partial charge on any atom is 0.270 e. The Morgan fingerprint density at radius 1 is 1.14 bits per heavy atom. The standard InChI is InChI=1S/C20H22N4O3S/c1-26-15-6-7-16(27-2)18-17(15)23-20(28-18)24-11-8-13(9-12-24)22-19(25)14-5-3-4-10-21-14/h3-7,10,13H,8-9,11-12H2,1-2H3,(H,22,25). The van der Waals surface area contributed by atoms with Crippen molar-refractivity contribution in [1.29, 1.82) is 0 Å². The third kappa shape index (κ3) is 3.60. The van der Waals surface area contributed by atoms with E-state index in [9.17, 15) is 4.79 Å². The van der Waals surface area contributed by atoms with E-state index < -0.39 is 0 Å². The van der Waals surface area contributed by atoms with Crippen LogP contribution in [0.25, 0.3) is 10.2 Å². The van der Waals surface area contributed by atoms with Gasteiger partial charge in [0.2, 0.25) is 0 Å². The molecule has 28 heavy (non-hydrogen) atoms. The highest BCUT2D eigenvalue weighted by Crippen LogP contribution is 2.40. The van der Waals surface area contributed by atoms with Crippen LogP contribution in [-0.2, 0) is 0 Å². The maximum absolute atomic E-state index is 12.3. The van der Waals surface area contributed by atoms with E-state index in [1.807, 2.05) is 18.2 Å². The van der Waals surface area contributed by atoms with Crippen molar-refractivity contribution in [3.63, 3.8) is 0 Å². The molecular weight excluding hydrogens is 376 g/mol. The van der Waals surface area contributed by atoms with Crippen LogP contribution in [-0.4, -0.2) is 49.2 Å². The Morgan fingerprint density at radius 3 is 2.57 bits per heavy atom. The van der Waals surface area contributed by atoms with Crippen molar-refractivity contribution in [3.05, 3.63) is 42.2 Å². The number of carbonyl (C=O) groups excluding carboxylic acids is 1. The number of fused-ring (bicyclic) bond motifs is 1. The molecule has 8 heteroatoms. The van der Waals surface area contributed by atoms with Gasteiger partial charge in [-0.3, -0.25) is 9.78 Å². The number of thiazole rings is 1.